The molecule has 0 radical (unpaired) electrons. The first kappa shape index (κ1) is 14.2. The lowest BCUT2D eigenvalue weighted by Gasteiger charge is -2.08. The van der Waals surface area contributed by atoms with Gasteiger partial charge in [-0.05, 0) is 37.8 Å². The highest BCUT2D eigenvalue weighted by atomic mass is 16.2. The van der Waals surface area contributed by atoms with E-state index in [9.17, 15) is 4.79 Å². The van der Waals surface area contributed by atoms with Crippen molar-refractivity contribution in [3.8, 4) is 11.8 Å². The molecular weight excluding hydrogens is 248 g/mol. The Labute approximate surface area is 120 Å². The number of amides is 2. The van der Waals surface area contributed by atoms with Crippen LogP contribution in [0.15, 0.2) is 41.6 Å². The van der Waals surface area contributed by atoms with Crippen molar-refractivity contribution in [2.45, 2.75) is 39.0 Å². The van der Waals surface area contributed by atoms with Crippen molar-refractivity contribution in [2.75, 3.05) is 5.32 Å². The molecular formula is C17H20N2O. The largest absolute Gasteiger partial charge is 0.323 e. The number of rotatable bonds is 3. The number of urea groups is 1. The molecule has 0 spiro atoms. The fourth-order valence-electron chi connectivity index (χ4n) is 2.13. The lowest BCUT2D eigenvalue weighted by Crippen LogP contribution is -2.28. The summed E-state index contributed by atoms with van der Waals surface area (Å²) in [6, 6.07) is 9.25. The zero-order valence-corrected chi connectivity index (χ0v) is 11.8. The van der Waals surface area contributed by atoms with E-state index in [2.05, 4.69) is 29.4 Å². The highest BCUT2D eigenvalue weighted by molar-refractivity contribution is 5.90. The Kier molecular flexibility index (Phi) is 5.25. The van der Waals surface area contributed by atoms with Crippen LogP contribution in [-0.4, -0.2) is 6.03 Å². The zero-order chi connectivity index (χ0) is 14.2. The molecule has 2 amide bonds. The van der Waals surface area contributed by atoms with Gasteiger partial charge in [0.2, 0.25) is 0 Å². The Hall–Kier alpha value is -2.21. The molecule has 3 heteroatoms. The number of carbonyl (C=O) groups excluding carboxylic acids is 1. The quantitative estimate of drug-likeness (QED) is 0.798. The maximum Gasteiger partial charge on any atom is 0.323 e. The number of nitrogens with one attached hydrogen (secondary N) is 2. The Morgan fingerprint density at radius 2 is 2.00 bits per heavy atom. The fraction of sp³-hybridized carbons (Fsp3) is 0.353. The summed E-state index contributed by atoms with van der Waals surface area (Å²) in [6.07, 6.45) is 4.91. The highest BCUT2D eigenvalue weighted by Crippen LogP contribution is 2.23. The van der Waals surface area contributed by atoms with Gasteiger partial charge in [-0.15, -0.1) is 0 Å². The topological polar surface area (TPSA) is 41.1 Å². The van der Waals surface area contributed by atoms with E-state index in [0.717, 1.165) is 49.1 Å². The lowest BCUT2D eigenvalue weighted by atomic mass is 10.2. The van der Waals surface area contributed by atoms with Gasteiger partial charge in [0.15, 0.2) is 0 Å². The molecule has 0 saturated carbocycles. The van der Waals surface area contributed by atoms with E-state index in [4.69, 9.17) is 0 Å². The summed E-state index contributed by atoms with van der Waals surface area (Å²) in [4.78, 5) is 11.9. The van der Waals surface area contributed by atoms with E-state index < -0.39 is 0 Å². The fourth-order valence-corrected chi connectivity index (χ4v) is 2.13. The van der Waals surface area contributed by atoms with E-state index in [-0.39, 0.29) is 6.03 Å². The predicted molar refractivity (Wildman–Crippen MR) is 82.2 cm³/mol. The second-order valence-electron chi connectivity index (χ2n) is 4.81. The Bertz CT molecular complexity index is 549. The highest BCUT2D eigenvalue weighted by Gasteiger charge is 2.15. The van der Waals surface area contributed by atoms with Crippen LogP contribution in [0.2, 0.25) is 0 Å². The Morgan fingerprint density at radius 1 is 1.20 bits per heavy atom. The first-order chi connectivity index (χ1) is 9.79. The smallest absolute Gasteiger partial charge is 0.311 e. The van der Waals surface area contributed by atoms with Crippen LogP contribution in [0.3, 0.4) is 0 Å². The number of anilines is 1. The third kappa shape index (κ3) is 4.17. The minimum absolute atomic E-state index is 0.192. The van der Waals surface area contributed by atoms with Gasteiger partial charge in [0.05, 0.1) is 0 Å². The third-order valence-electron chi connectivity index (χ3n) is 3.13. The van der Waals surface area contributed by atoms with Crippen LogP contribution in [0.5, 0.6) is 0 Å². The van der Waals surface area contributed by atoms with E-state index >= 15 is 0 Å². The molecule has 0 unspecified atom stereocenters. The summed E-state index contributed by atoms with van der Waals surface area (Å²) in [6.45, 7) is 2.12. The van der Waals surface area contributed by atoms with Gasteiger partial charge >= 0.3 is 6.03 Å². The monoisotopic (exact) mass is 268 g/mol. The minimum Gasteiger partial charge on any atom is -0.311 e. The van der Waals surface area contributed by atoms with Crippen molar-refractivity contribution >= 4 is 11.7 Å². The minimum atomic E-state index is -0.192. The van der Waals surface area contributed by atoms with Crippen LogP contribution in [0, 0.1) is 11.8 Å². The van der Waals surface area contributed by atoms with Gasteiger partial charge in [0.1, 0.15) is 0 Å². The van der Waals surface area contributed by atoms with Gasteiger partial charge in [-0.3, -0.25) is 0 Å². The molecule has 1 aliphatic carbocycles. The molecule has 0 aromatic heterocycles. The summed E-state index contributed by atoms with van der Waals surface area (Å²) in [5.74, 6) is 6.34. The van der Waals surface area contributed by atoms with Crippen molar-refractivity contribution in [3.05, 3.63) is 41.6 Å². The van der Waals surface area contributed by atoms with Crippen LogP contribution < -0.4 is 10.6 Å². The van der Waals surface area contributed by atoms with Gasteiger partial charge in [-0.1, -0.05) is 37.0 Å². The summed E-state index contributed by atoms with van der Waals surface area (Å²) in [7, 11) is 0. The van der Waals surface area contributed by atoms with E-state index in [1.54, 1.807) is 0 Å². The summed E-state index contributed by atoms with van der Waals surface area (Å²) in [5.41, 5.74) is 2.85. The standard InChI is InChI=1S/C17H20N2O/c1-2-3-5-9-14-10-8-13-16(14)19-17(20)18-15-11-6-4-7-12-15/h4,6-7,11-12H,2-3,8,10,13H2,1H3,(H2,18,19,20). The van der Waals surface area contributed by atoms with Crippen LogP contribution >= 0.6 is 0 Å². The van der Waals surface area contributed by atoms with Crippen LogP contribution in [0.1, 0.15) is 39.0 Å². The van der Waals surface area contributed by atoms with Gasteiger partial charge < -0.3 is 10.6 Å². The molecule has 0 bridgehead atoms. The number of benzene rings is 1. The summed E-state index contributed by atoms with van der Waals surface area (Å²) < 4.78 is 0. The predicted octanol–water partition coefficient (Wildman–Crippen LogP) is 4.05. The molecule has 0 aliphatic heterocycles. The van der Waals surface area contributed by atoms with Gasteiger partial charge in [0.25, 0.3) is 0 Å². The molecule has 0 heterocycles. The molecule has 1 aromatic rings. The number of hydrogen-bond acceptors (Lipinski definition) is 1. The zero-order valence-electron chi connectivity index (χ0n) is 11.8. The molecule has 2 rings (SSSR count). The van der Waals surface area contributed by atoms with Gasteiger partial charge in [-0.25, -0.2) is 4.79 Å². The number of unbranched alkanes of at least 4 members (excludes halogenated alkanes) is 1. The first-order valence-electron chi connectivity index (χ1n) is 7.13. The van der Waals surface area contributed by atoms with Crippen molar-refractivity contribution < 1.29 is 4.79 Å². The van der Waals surface area contributed by atoms with Crippen molar-refractivity contribution in [1.29, 1.82) is 0 Å². The maximum atomic E-state index is 11.9. The summed E-state index contributed by atoms with van der Waals surface area (Å²) in [5, 5.41) is 5.76. The average Bonchev–Trinajstić information content (AvgIpc) is 2.87. The number of allylic oxidation sites excluding steroid dienone is 2. The van der Waals surface area contributed by atoms with Crippen LogP contribution in [0.25, 0.3) is 0 Å². The molecule has 3 nitrogen and oxygen atoms in total. The Balaban J connectivity index is 1.96. The number of para-hydroxylation sites is 1. The van der Waals surface area contributed by atoms with Gasteiger partial charge in [0, 0.05) is 23.4 Å². The molecule has 1 aliphatic rings. The van der Waals surface area contributed by atoms with E-state index in [1.165, 1.54) is 0 Å². The van der Waals surface area contributed by atoms with Crippen molar-refractivity contribution in [2.24, 2.45) is 0 Å². The van der Waals surface area contributed by atoms with Crippen LogP contribution in [0.4, 0.5) is 10.5 Å². The number of carbonyl (C=O) groups is 1. The molecule has 0 atom stereocenters. The third-order valence-corrected chi connectivity index (χ3v) is 3.13. The number of hydrogen-bond donors (Lipinski definition) is 2. The Morgan fingerprint density at radius 3 is 2.75 bits per heavy atom. The second-order valence-corrected chi connectivity index (χ2v) is 4.81. The van der Waals surface area contributed by atoms with Gasteiger partial charge in [-0.2, -0.15) is 0 Å². The van der Waals surface area contributed by atoms with Crippen molar-refractivity contribution in [3.63, 3.8) is 0 Å². The lowest BCUT2D eigenvalue weighted by molar-refractivity contribution is 0.254. The summed E-state index contributed by atoms with van der Waals surface area (Å²) >= 11 is 0. The van der Waals surface area contributed by atoms with Crippen molar-refractivity contribution in [1.82, 2.24) is 5.32 Å². The normalized spacial score (nSPS) is 13.7. The van der Waals surface area contributed by atoms with Crippen LogP contribution in [-0.2, 0) is 0 Å². The molecule has 1 aromatic carbocycles. The molecule has 2 N–H and O–H groups in total. The SMILES string of the molecule is CCCC#CC1=C(NC(=O)Nc2ccccc2)CCC1. The molecule has 20 heavy (non-hydrogen) atoms. The van der Waals surface area contributed by atoms with E-state index in [1.807, 2.05) is 30.3 Å². The second kappa shape index (κ2) is 7.40. The van der Waals surface area contributed by atoms with E-state index in [0.29, 0.717) is 0 Å². The molecule has 104 valence electrons. The average molecular weight is 268 g/mol. The molecule has 0 saturated heterocycles. The first-order valence-corrected chi connectivity index (χ1v) is 7.13. The molecule has 0 fully saturated rings. The maximum absolute atomic E-state index is 11.9.